The Morgan fingerprint density at radius 2 is 2.21 bits per heavy atom. The lowest BCUT2D eigenvalue weighted by molar-refractivity contribution is -0.117. The van der Waals surface area contributed by atoms with Gasteiger partial charge in [0, 0.05) is 10.5 Å². The van der Waals surface area contributed by atoms with Gasteiger partial charge < -0.3 is 15.8 Å². The van der Waals surface area contributed by atoms with E-state index in [9.17, 15) is 4.79 Å². The maximum atomic E-state index is 11.9. The van der Waals surface area contributed by atoms with E-state index < -0.39 is 6.04 Å². The number of carbonyl (C=O) groups excluding carboxylic acids is 1. The highest BCUT2D eigenvalue weighted by atomic mass is 79.9. The molecule has 24 heavy (non-hydrogen) atoms. The van der Waals surface area contributed by atoms with Gasteiger partial charge in [0.05, 0.1) is 17.9 Å². The summed E-state index contributed by atoms with van der Waals surface area (Å²) in [5.74, 6) is 1.78. The van der Waals surface area contributed by atoms with Crippen LogP contribution in [0.15, 0.2) is 47.1 Å². The normalized spacial score (nSPS) is 11.3. The number of benzene rings is 1. The Hall–Kier alpha value is -1.28. The monoisotopic (exact) mass is 431 g/mol. The Morgan fingerprint density at radius 1 is 1.42 bits per heavy atom. The van der Waals surface area contributed by atoms with Crippen LogP contribution in [0.2, 0.25) is 0 Å². The Morgan fingerprint density at radius 3 is 2.83 bits per heavy atom. The van der Waals surface area contributed by atoms with Crippen LogP contribution in [0.3, 0.4) is 0 Å². The number of aromatic nitrogens is 1. The number of ether oxygens (including phenoxy) is 1. The molecule has 3 N–H and O–H groups in total. The summed E-state index contributed by atoms with van der Waals surface area (Å²) in [5, 5.41) is 2.75. The van der Waals surface area contributed by atoms with Gasteiger partial charge in [0.25, 0.3) is 0 Å². The van der Waals surface area contributed by atoms with E-state index >= 15 is 0 Å². The zero-order valence-corrected chi connectivity index (χ0v) is 16.3. The second kappa shape index (κ2) is 10.6. The largest absolute Gasteiger partial charge is 0.439 e. The number of hydrogen-bond acceptors (Lipinski definition) is 5. The number of hydrogen-bond donors (Lipinski definition) is 2. The molecule has 1 aromatic heterocycles. The highest BCUT2D eigenvalue weighted by molar-refractivity contribution is 9.10. The molecule has 0 aliphatic rings. The molecule has 5 nitrogen and oxygen atoms in total. The predicted octanol–water partition coefficient (Wildman–Crippen LogP) is 4.08. The molecular weight excluding hydrogens is 414 g/mol. The number of halogens is 2. The average Bonchev–Trinajstić information content (AvgIpc) is 2.54. The minimum Gasteiger partial charge on any atom is -0.439 e. The summed E-state index contributed by atoms with van der Waals surface area (Å²) in [6.45, 7) is 0. The van der Waals surface area contributed by atoms with Crippen LogP contribution < -0.4 is 15.8 Å². The summed E-state index contributed by atoms with van der Waals surface area (Å²) in [4.78, 5) is 16.1. The molecule has 0 spiro atoms. The number of anilines is 1. The van der Waals surface area contributed by atoms with Crippen LogP contribution in [0, 0.1) is 0 Å². The van der Waals surface area contributed by atoms with Gasteiger partial charge in [0.15, 0.2) is 0 Å². The Balaban J connectivity index is 0.00000288. The van der Waals surface area contributed by atoms with E-state index in [0.29, 0.717) is 23.7 Å². The van der Waals surface area contributed by atoms with Gasteiger partial charge in [0.1, 0.15) is 5.75 Å². The summed E-state index contributed by atoms with van der Waals surface area (Å²) in [6.07, 6.45) is 4.18. The van der Waals surface area contributed by atoms with Gasteiger partial charge >= 0.3 is 0 Å². The maximum absolute atomic E-state index is 11.9. The number of pyridine rings is 1. The first kappa shape index (κ1) is 20.8. The number of rotatable bonds is 7. The quantitative estimate of drug-likeness (QED) is 0.689. The van der Waals surface area contributed by atoms with Gasteiger partial charge in [-0.05, 0) is 42.7 Å². The van der Waals surface area contributed by atoms with Crippen molar-refractivity contribution in [3.8, 4) is 11.6 Å². The molecule has 0 unspecified atom stereocenters. The molecule has 0 aliphatic carbocycles. The number of nitrogens with one attached hydrogen (secondary N) is 1. The Bertz CT molecular complexity index is 658. The minimum absolute atomic E-state index is 0. The van der Waals surface area contributed by atoms with Crippen molar-refractivity contribution in [3.63, 3.8) is 0 Å². The van der Waals surface area contributed by atoms with Gasteiger partial charge in [0.2, 0.25) is 11.8 Å². The summed E-state index contributed by atoms with van der Waals surface area (Å²) >= 11 is 5.05. The second-order valence-corrected chi connectivity index (χ2v) is 6.72. The fraction of sp³-hybridized carbons (Fsp3) is 0.250. The molecule has 0 bridgehead atoms. The van der Waals surface area contributed by atoms with Crippen molar-refractivity contribution >= 4 is 51.7 Å². The Labute approximate surface area is 160 Å². The number of thioether (sulfide) groups is 1. The van der Waals surface area contributed by atoms with Crippen molar-refractivity contribution in [1.82, 2.24) is 4.98 Å². The molecule has 0 saturated carbocycles. The molecule has 0 fully saturated rings. The smallest absolute Gasteiger partial charge is 0.241 e. The fourth-order valence-electron chi connectivity index (χ4n) is 1.78. The van der Waals surface area contributed by atoms with Crippen molar-refractivity contribution < 1.29 is 9.53 Å². The SMILES string of the molecule is CSCC[C@H](N)C(=O)Nc1ccc(Oc2cccc(Br)c2)nc1.Cl. The van der Waals surface area contributed by atoms with Crippen molar-refractivity contribution in [3.05, 3.63) is 47.1 Å². The topological polar surface area (TPSA) is 77.2 Å². The second-order valence-electron chi connectivity index (χ2n) is 4.82. The highest BCUT2D eigenvalue weighted by Gasteiger charge is 2.13. The van der Waals surface area contributed by atoms with Crippen LogP contribution in [-0.2, 0) is 4.79 Å². The van der Waals surface area contributed by atoms with Crippen molar-refractivity contribution in [2.75, 3.05) is 17.3 Å². The van der Waals surface area contributed by atoms with E-state index in [1.807, 2.05) is 30.5 Å². The molecule has 0 saturated heterocycles. The molecule has 1 heterocycles. The lowest BCUT2D eigenvalue weighted by atomic mass is 10.2. The van der Waals surface area contributed by atoms with Crippen LogP contribution in [0.5, 0.6) is 11.6 Å². The molecule has 0 aliphatic heterocycles. The molecule has 1 aromatic carbocycles. The minimum atomic E-state index is -0.514. The molecule has 2 rings (SSSR count). The first-order valence-corrected chi connectivity index (χ1v) is 9.22. The van der Waals surface area contributed by atoms with Gasteiger partial charge in [-0.2, -0.15) is 11.8 Å². The first-order chi connectivity index (χ1) is 11.1. The van der Waals surface area contributed by atoms with E-state index in [1.165, 1.54) is 0 Å². The van der Waals surface area contributed by atoms with E-state index in [2.05, 4.69) is 26.2 Å². The standard InChI is InChI=1S/C16H18BrN3O2S.ClH/c1-23-8-7-14(18)16(21)20-12-5-6-15(19-10-12)22-13-4-2-3-11(17)9-13;/h2-6,9-10,14H,7-8,18H2,1H3,(H,20,21);1H/t14-;/m0./s1. The summed E-state index contributed by atoms with van der Waals surface area (Å²) in [7, 11) is 0. The number of amides is 1. The van der Waals surface area contributed by atoms with Gasteiger partial charge in [-0.25, -0.2) is 4.98 Å². The first-order valence-electron chi connectivity index (χ1n) is 7.03. The molecule has 1 amide bonds. The molecule has 8 heteroatoms. The maximum Gasteiger partial charge on any atom is 0.241 e. The third-order valence-electron chi connectivity index (χ3n) is 2.99. The van der Waals surface area contributed by atoms with Gasteiger partial charge in [-0.1, -0.05) is 22.0 Å². The van der Waals surface area contributed by atoms with Crippen LogP contribution in [-0.4, -0.2) is 28.9 Å². The van der Waals surface area contributed by atoms with Crippen LogP contribution in [0.1, 0.15) is 6.42 Å². The van der Waals surface area contributed by atoms with E-state index in [4.69, 9.17) is 10.5 Å². The summed E-state index contributed by atoms with van der Waals surface area (Å²) in [6, 6.07) is 10.4. The van der Waals surface area contributed by atoms with E-state index in [-0.39, 0.29) is 18.3 Å². The van der Waals surface area contributed by atoms with Crippen molar-refractivity contribution in [2.24, 2.45) is 5.73 Å². The van der Waals surface area contributed by atoms with Crippen LogP contribution in [0.25, 0.3) is 0 Å². The lowest BCUT2D eigenvalue weighted by Crippen LogP contribution is -2.36. The molecular formula is C16H19BrClN3O2S. The van der Waals surface area contributed by atoms with Gasteiger partial charge in [-0.3, -0.25) is 4.79 Å². The van der Waals surface area contributed by atoms with E-state index in [0.717, 1.165) is 10.2 Å². The van der Waals surface area contributed by atoms with Crippen LogP contribution in [0.4, 0.5) is 5.69 Å². The zero-order valence-electron chi connectivity index (χ0n) is 13.1. The van der Waals surface area contributed by atoms with Crippen molar-refractivity contribution in [2.45, 2.75) is 12.5 Å². The fourth-order valence-corrected chi connectivity index (χ4v) is 2.64. The zero-order chi connectivity index (χ0) is 16.7. The molecule has 130 valence electrons. The average molecular weight is 433 g/mol. The molecule has 2 aromatic rings. The summed E-state index contributed by atoms with van der Waals surface area (Å²) in [5.41, 5.74) is 6.42. The Kier molecular flexibility index (Phi) is 9.13. The molecule has 0 radical (unpaired) electrons. The van der Waals surface area contributed by atoms with Gasteiger partial charge in [-0.15, -0.1) is 12.4 Å². The highest BCUT2D eigenvalue weighted by Crippen LogP contribution is 2.23. The number of carbonyl (C=O) groups is 1. The third-order valence-corrected chi connectivity index (χ3v) is 4.13. The van der Waals surface area contributed by atoms with Crippen LogP contribution >= 0.6 is 40.1 Å². The lowest BCUT2D eigenvalue weighted by Gasteiger charge is -2.11. The number of nitrogens with zero attached hydrogens (tertiary/aromatic N) is 1. The predicted molar refractivity (Wildman–Crippen MR) is 105 cm³/mol. The third kappa shape index (κ3) is 6.68. The van der Waals surface area contributed by atoms with E-state index in [1.54, 1.807) is 30.1 Å². The number of nitrogens with two attached hydrogens (primary N) is 1. The van der Waals surface area contributed by atoms with Crippen molar-refractivity contribution in [1.29, 1.82) is 0 Å². The summed E-state index contributed by atoms with van der Waals surface area (Å²) < 4.78 is 6.57. The molecule has 1 atom stereocenters.